The number of amides is 1. The van der Waals surface area contributed by atoms with E-state index in [0.29, 0.717) is 32.1 Å². The van der Waals surface area contributed by atoms with Gasteiger partial charge < -0.3 is 10.1 Å². The first-order valence-corrected chi connectivity index (χ1v) is 6.74. The average Bonchev–Trinajstić information content (AvgIpc) is 2.41. The number of methoxy groups -OCH3 is 1. The standard InChI is InChI=1S/C14H10Cl3NO2/c1-20-13-5-3-8(15)6-10(13)14(19)18-12-4-2-9(16)7-11(12)17/h2-7H,1H3,(H,18,19). The summed E-state index contributed by atoms with van der Waals surface area (Å²) in [5.74, 6) is 0.0607. The van der Waals surface area contributed by atoms with Crippen LogP contribution in [-0.2, 0) is 0 Å². The quantitative estimate of drug-likeness (QED) is 0.868. The third-order valence-corrected chi connectivity index (χ3v) is 3.37. The van der Waals surface area contributed by atoms with Crippen molar-refractivity contribution in [3.05, 3.63) is 57.0 Å². The van der Waals surface area contributed by atoms with Crippen LogP contribution in [0.2, 0.25) is 15.1 Å². The number of benzene rings is 2. The topological polar surface area (TPSA) is 38.3 Å². The Hall–Kier alpha value is -1.42. The predicted octanol–water partition coefficient (Wildman–Crippen LogP) is 4.91. The summed E-state index contributed by atoms with van der Waals surface area (Å²) in [6, 6.07) is 9.61. The van der Waals surface area contributed by atoms with Gasteiger partial charge >= 0.3 is 0 Å². The molecule has 20 heavy (non-hydrogen) atoms. The van der Waals surface area contributed by atoms with E-state index in [-0.39, 0.29) is 5.91 Å². The van der Waals surface area contributed by atoms with Crippen molar-refractivity contribution in [1.29, 1.82) is 0 Å². The highest BCUT2D eigenvalue weighted by molar-refractivity contribution is 6.37. The fraction of sp³-hybridized carbons (Fsp3) is 0.0714. The Labute approximate surface area is 131 Å². The van der Waals surface area contributed by atoms with Gasteiger partial charge in [-0.2, -0.15) is 0 Å². The molecule has 6 heteroatoms. The van der Waals surface area contributed by atoms with Crippen molar-refractivity contribution in [2.45, 2.75) is 0 Å². The van der Waals surface area contributed by atoms with Gasteiger partial charge in [0.1, 0.15) is 5.75 Å². The molecule has 0 atom stereocenters. The molecule has 0 saturated carbocycles. The van der Waals surface area contributed by atoms with Gasteiger partial charge in [-0.1, -0.05) is 34.8 Å². The molecule has 0 saturated heterocycles. The first kappa shape index (κ1) is 15.0. The predicted molar refractivity (Wildman–Crippen MR) is 82.4 cm³/mol. The van der Waals surface area contributed by atoms with E-state index in [1.165, 1.54) is 13.2 Å². The number of rotatable bonds is 3. The van der Waals surface area contributed by atoms with Crippen LogP contribution in [0.5, 0.6) is 5.75 Å². The minimum atomic E-state index is -0.367. The fourth-order valence-corrected chi connectivity index (χ4v) is 2.27. The number of carbonyl (C=O) groups excluding carboxylic acids is 1. The van der Waals surface area contributed by atoms with Gasteiger partial charge in [0, 0.05) is 10.0 Å². The van der Waals surface area contributed by atoms with Crippen molar-refractivity contribution < 1.29 is 9.53 Å². The highest BCUT2D eigenvalue weighted by Gasteiger charge is 2.14. The third-order valence-electron chi connectivity index (χ3n) is 2.59. The molecule has 0 unspecified atom stereocenters. The molecule has 2 aromatic carbocycles. The third kappa shape index (κ3) is 3.37. The molecule has 3 nitrogen and oxygen atoms in total. The van der Waals surface area contributed by atoms with Gasteiger partial charge in [0.15, 0.2) is 0 Å². The highest BCUT2D eigenvalue weighted by Crippen LogP contribution is 2.28. The Kier molecular flexibility index (Phi) is 4.76. The van der Waals surface area contributed by atoms with Crippen molar-refractivity contribution in [2.75, 3.05) is 12.4 Å². The van der Waals surface area contributed by atoms with E-state index >= 15 is 0 Å². The van der Waals surface area contributed by atoms with Gasteiger partial charge in [0.05, 0.1) is 23.4 Å². The maximum Gasteiger partial charge on any atom is 0.259 e. The van der Waals surface area contributed by atoms with E-state index in [1.54, 1.807) is 30.3 Å². The van der Waals surface area contributed by atoms with Crippen molar-refractivity contribution >= 4 is 46.4 Å². The van der Waals surface area contributed by atoms with Crippen LogP contribution in [0.1, 0.15) is 10.4 Å². The lowest BCUT2D eigenvalue weighted by atomic mass is 10.2. The number of nitrogens with one attached hydrogen (secondary N) is 1. The molecule has 0 aromatic heterocycles. The van der Waals surface area contributed by atoms with Crippen molar-refractivity contribution in [3.63, 3.8) is 0 Å². The largest absolute Gasteiger partial charge is 0.496 e. The minimum Gasteiger partial charge on any atom is -0.496 e. The van der Waals surface area contributed by atoms with Crippen LogP contribution in [0.4, 0.5) is 5.69 Å². The molecule has 2 aromatic rings. The summed E-state index contributed by atoms with van der Waals surface area (Å²) in [7, 11) is 1.48. The van der Waals surface area contributed by atoms with E-state index < -0.39 is 0 Å². The molecule has 0 bridgehead atoms. The Morgan fingerprint density at radius 2 is 1.70 bits per heavy atom. The highest BCUT2D eigenvalue weighted by atomic mass is 35.5. The van der Waals surface area contributed by atoms with E-state index in [2.05, 4.69) is 5.32 Å². The number of carbonyl (C=O) groups is 1. The van der Waals surface area contributed by atoms with Crippen LogP contribution in [0, 0.1) is 0 Å². The lowest BCUT2D eigenvalue weighted by molar-refractivity contribution is 0.102. The molecule has 1 N–H and O–H groups in total. The first-order valence-electron chi connectivity index (χ1n) is 5.61. The van der Waals surface area contributed by atoms with Gasteiger partial charge in [0.25, 0.3) is 5.91 Å². The lowest BCUT2D eigenvalue weighted by Crippen LogP contribution is -2.13. The molecule has 104 valence electrons. The van der Waals surface area contributed by atoms with E-state index in [4.69, 9.17) is 39.5 Å². The molecule has 0 radical (unpaired) electrons. The summed E-state index contributed by atoms with van der Waals surface area (Å²) >= 11 is 17.7. The van der Waals surface area contributed by atoms with Gasteiger partial charge in [-0.25, -0.2) is 0 Å². The Bertz CT molecular complexity index is 659. The molecule has 0 fully saturated rings. The summed E-state index contributed by atoms with van der Waals surface area (Å²) < 4.78 is 5.13. The molecular formula is C14H10Cl3NO2. The summed E-state index contributed by atoms with van der Waals surface area (Å²) in [5.41, 5.74) is 0.786. The minimum absolute atomic E-state index is 0.325. The molecule has 0 aliphatic heterocycles. The van der Waals surface area contributed by atoms with Gasteiger partial charge in [0.2, 0.25) is 0 Å². The van der Waals surface area contributed by atoms with Crippen LogP contribution in [0.25, 0.3) is 0 Å². The maximum atomic E-state index is 12.2. The van der Waals surface area contributed by atoms with Crippen molar-refractivity contribution in [3.8, 4) is 5.75 Å². The molecular weight excluding hydrogens is 321 g/mol. The second-order valence-electron chi connectivity index (χ2n) is 3.92. The first-order chi connectivity index (χ1) is 9.51. The summed E-state index contributed by atoms with van der Waals surface area (Å²) in [6.07, 6.45) is 0. The van der Waals surface area contributed by atoms with E-state index in [9.17, 15) is 4.79 Å². The Balaban J connectivity index is 2.30. The van der Waals surface area contributed by atoms with Crippen molar-refractivity contribution in [1.82, 2.24) is 0 Å². The zero-order valence-corrected chi connectivity index (χ0v) is 12.7. The summed E-state index contributed by atoms with van der Waals surface area (Å²) in [6.45, 7) is 0. The SMILES string of the molecule is COc1ccc(Cl)cc1C(=O)Nc1ccc(Cl)cc1Cl. The van der Waals surface area contributed by atoms with Gasteiger partial charge in [-0.05, 0) is 36.4 Å². The fourth-order valence-electron chi connectivity index (χ4n) is 1.64. The molecule has 0 aliphatic rings. The zero-order valence-electron chi connectivity index (χ0n) is 10.4. The van der Waals surface area contributed by atoms with Crippen LogP contribution in [-0.4, -0.2) is 13.0 Å². The van der Waals surface area contributed by atoms with Crippen LogP contribution >= 0.6 is 34.8 Å². The van der Waals surface area contributed by atoms with E-state index in [1.807, 2.05) is 0 Å². The molecule has 0 spiro atoms. The Morgan fingerprint density at radius 3 is 2.35 bits per heavy atom. The summed E-state index contributed by atoms with van der Waals surface area (Å²) in [5, 5.41) is 3.98. The monoisotopic (exact) mass is 329 g/mol. The molecule has 1 amide bonds. The summed E-state index contributed by atoms with van der Waals surface area (Å²) in [4.78, 5) is 12.2. The number of ether oxygens (including phenoxy) is 1. The van der Waals surface area contributed by atoms with Crippen molar-refractivity contribution in [2.24, 2.45) is 0 Å². The maximum absolute atomic E-state index is 12.2. The van der Waals surface area contributed by atoms with Crippen LogP contribution in [0.15, 0.2) is 36.4 Å². The molecule has 2 rings (SSSR count). The van der Waals surface area contributed by atoms with Crippen LogP contribution < -0.4 is 10.1 Å². The van der Waals surface area contributed by atoms with Crippen LogP contribution in [0.3, 0.4) is 0 Å². The smallest absolute Gasteiger partial charge is 0.259 e. The van der Waals surface area contributed by atoms with E-state index in [0.717, 1.165) is 0 Å². The number of hydrogen-bond donors (Lipinski definition) is 1. The number of anilines is 1. The zero-order chi connectivity index (χ0) is 14.7. The normalized spacial score (nSPS) is 10.2. The lowest BCUT2D eigenvalue weighted by Gasteiger charge is -2.11. The second kappa shape index (κ2) is 6.35. The number of hydrogen-bond acceptors (Lipinski definition) is 2. The average molecular weight is 331 g/mol. The van der Waals surface area contributed by atoms with Gasteiger partial charge in [-0.3, -0.25) is 4.79 Å². The number of halogens is 3. The second-order valence-corrected chi connectivity index (χ2v) is 5.20. The molecule has 0 aliphatic carbocycles. The molecule has 0 heterocycles. The van der Waals surface area contributed by atoms with Gasteiger partial charge in [-0.15, -0.1) is 0 Å². The Morgan fingerprint density at radius 1 is 1.05 bits per heavy atom.